The number of nitrogens with one attached hydrogen (secondary N) is 2. The number of likely N-dealkylation sites (tertiary alicyclic amines) is 1. The molecule has 1 unspecified atom stereocenters. The first kappa shape index (κ1) is 23.5. The van der Waals surface area contributed by atoms with E-state index in [-0.39, 0.29) is 0 Å². The van der Waals surface area contributed by atoms with Crippen LogP contribution in [0.2, 0.25) is 0 Å². The Morgan fingerprint density at radius 2 is 2.14 bits per heavy atom. The van der Waals surface area contributed by atoms with Crippen LogP contribution in [0.25, 0.3) is 0 Å². The second-order valence-electron chi connectivity index (χ2n) is 8.16. The number of nitrogens with zero attached hydrogens (tertiary/aromatic N) is 3. The maximum atomic E-state index is 5.83. The van der Waals surface area contributed by atoms with Crippen LogP contribution in [-0.2, 0) is 6.54 Å². The standard InChI is InChI=1S/C23H41N5O/c1-5-24-23(25-13-9-15-28-14-7-6-10-20(28)2)26-19-21-11-8-12-22(18-21)29-17-16-27(3)4/h8,11-12,18,20H,5-7,9-10,13-17,19H2,1-4H3,(H2,24,25,26). The van der Waals surface area contributed by atoms with Crippen molar-refractivity contribution in [2.45, 2.75) is 52.1 Å². The molecule has 0 bridgehead atoms. The Morgan fingerprint density at radius 1 is 1.28 bits per heavy atom. The van der Waals surface area contributed by atoms with Crippen LogP contribution in [0.5, 0.6) is 5.75 Å². The summed E-state index contributed by atoms with van der Waals surface area (Å²) in [5.74, 6) is 1.80. The molecule has 1 fully saturated rings. The molecule has 0 radical (unpaired) electrons. The topological polar surface area (TPSA) is 52.1 Å². The Labute approximate surface area is 177 Å². The fourth-order valence-corrected chi connectivity index (χ4v) is 3.57. The smallest absolute Gasteiger partial charge is 0.191 e. The number of piperidine rings is 1. The zero-order valence-electron chi connectivity index (χ0n) is 18.9. The summed E-state index contributed by atoms with van der Waals surface area (Å²) in [6, 6.07) is 8.96. The fourth-order valence-electron chi connectivity index (χ4n) is 3.57. The van der Waals surface area contributed by atoms with Gasteiger partial charge in [0.1, 0.15) is 12.4 Å². The van der Waals surface area contributed by atoms with Crippen LogP contribution in [-0.4, -0.2) is 75.2 Å². The molecule has 2 N–H and O–H groups in total. The predicted molar refractivity (Wildman–Crippen MR) is 123 cm³/mol. The largest absolute Gasteiger partial charge is 0.492 e. The van der Waals surface area contributed by atoms with Gasteiger partial charge in [0, 0.05) is 32.2 Å². The lowest BCUT2D eigenvalue weighted by Gasteiger charge is -2.33. The molecule has 0 aliphatic carbocycles. The van der Waals surface area contributed by atoms with Crippen molar-refractivity contribution in [3.8, 4) is 5.75 Å². The first-order valence-electron chi connectivity index (χ1n) is 11.2. The Bertz CT molecular complexity index is 605. The van der Waals surface area contributed by atoms with Crippen LogP contribution in [0, 0.1) is 0 Å². The van der Waals surface area contributed by atoms with Crippen molar-refractivity contribution in [1.29, 1.82) is 0 Å². The van der Waals surface area contributed by atoms with Gasteiger partial charge in [-0.3, -0.25) is 0 Å². The van der Waals surface area contributed by atoms with E-state index in [4.69, 9.17) is 9.73 Å². The minimum absolute atomic E-state index is 0.642. The summed E-state index contributed by atoms with van der Waals surface area (Å²) in [5.41, 5.74) is 1.16. The molecule has 1 saturated heterocycles. The van der Waals surface area contributed by atoms with Gasteiger partial charge in [-0.1, -0.05) is 18.6 Å². The highest BCUT2D eigenvalue weighted by atomic mass is 16.5. The molecule has 0 saturated carbocycles. The minimum Gasteiger partial charge on any atom is -0.492 e. The van der Waals surface area contributed by atoms with Crippen LogP contribution in [0.15, 0.2) is 29.3 Å². The Morgan fingerprint density at radius 3 is 2.90 bits per heavy atom. The quantitative estimate of drug-likeness (QED) is 0.338. The van der Waals surface area contributed by atoms with E-state index in [1.54, 1.807) is 0 Å². The number of rotatable bonds is 11. The van der Waals surface area contributed by atoms with Gasteiger partial charge in [0.05, 0.1) is 6.54 Å². The molecule has 0 amide bonds. The van der Waals surface area contributed by atoms with Crippen LogP contribution in [0.1, 0.15) is 45.1 Å². The number of hydrogen-bond acceptors (Lipinski definition) is 4. The van der Waals surface area contributed by atoms with E-state index in [2.05, 4.69) is 60.5 Å². The average Bonchev–Trinajstić information content (AvgIpc) is 2.70. The van der Waals surface area contributed by atoms with Gasteiger partial charge in [0.2, 0.25) is 0 Å². The average molecular weight is 404 g/mol. The van der Waals surface area contributed by atoms with Crippen molar-refractivity contribution in [1.82, 2.24) is 20.4 Å². The predicted octanol–water partition coefficient (Wildman–Crippen LogP) is 2.95. The second kappa shape index (κ2) is 13.4. The summed E-state index contributed by atoms with van der Waals surface area (Å²) in [7, 11) is 4.10. The maximum absolute atomic E-state index is 5.83. The van der Waals surface area contributed by atoms with Gasteiger partial charge in [-0.2, -0.15) is 0 Å². The molecule has 1 aliphatic rings. The summed E-state index contributed by atoms with van der Waals surface area (Å²) in [6.07, 6.45) is 5.22. The van der Waals surface area contributed by atoms with Gasteiger partial charge < -0.3 is 25.2 Å². The van der Waals surface area contributed by atoms with Crippen molar-refractivity contribution < 1.29 is 4.74 Å². The monoisotopic (exact) mass is 403 g/mol. The van der Waals surface area contributed by atoms with Crippen LogP contribution >= 0.6 is 0 Å². The zero-order valence-corrected chi connectivity index (χ0v) is 18.9. The van der Waals surface area contributed by atoms with Crippen molar-refractivity contribution in [3.05, 3.63) is 29.8 Å². The first-order chi connectivity index (χ1) is 14.1. The number of hydrogen-bond donors (Lipinski definition) is 2. The van der Waals surface area contributed by atoms with Gasteiger partial charge in [0.15, 0.2) is 5.96 Å². The number of ether oxygens (including phenoxy) is 1. The van der Waals surface area contributed by atoms with Gasteiger partial charge >= 0.3 is 0 Å². The molecule has 1 aromatic rings. The molecule has 6 nitrogen and oxygen atoms in total. The summed E-state index contributed by atoms with van der Waals surface area (Å²) >= 11 is 0. The van der Waals surface area contributed by atoms with Crippen LogP contribution in [0.4, 0.5) is 0 Å². The molecule has 0 aromatic heterocycles. The lowest BCUT2D eigenvalue weighted by Crippen LogP contribution is -2.41. The molecule has 1 aromatic carbocycles. The highest BCUT2D eigenvalue weighted by molar-refractivity contribution is 5.79. The van der Waals surface area contributed by atoms with E-state index in [1.807, 2.05) is 12.1 Å². The third kappa shape index (κ3) is 9.50. The number of guanidine groups is 1. The molecule has 1 heterocycles. The molecule has 29 heavy (non-hydrogen) atoms. The van der Waals surface area contributed by atoms with Crippen LogP contribution in [0.3, 0.4) is 0 Å². The Balaban J connectivity index is 1.77. The van der Waals surface area contributed by atoms with Crippen molar-refractivity contribution in [2.75, 3.05) is 53.4 Å². The highest BCUT2D eigenvalue weighted by Crippen LogP contribution is 2.16. The SMILES string of the molecule is CCNC(=NCc1cccc(OCCN(C)C)c1)NCCCN1CCCCC1C. The fraction of sp³-hybridized carbons (Fsp3) is 0.696. The zero-order chi connectivity index (χ0) is 20.9. The van der Waals surface area contributed by atoms with Crippen LogP contribution < -0.4 is 15.4 Å². The summed E-state index contributed by atoms with van der Waals surface area (Å²) < 4.78 is 5.83. The maximum Gasteiger partial charge on any atom is 0.191 e. The lowest BCUT2D eigenvalue weighted by atomic mass is 10.0. The van der Waals surface area contributed by atoms with Gasteiger partial charge in [-0.05, 0) is 71.4 Å². The third-order valence-corrected chi connectivity index (χ3v) is 5.32. The molecular weight excluding hydrogens is 362 g/mol. The van der Waals surface area contributed by atoms with Crippen molar-refractivity contribution in [3.63, 3.8) is 0 Å². The molecule has 0 spiro atoms. The second-order valence-corrected chi connectivity index (χ2v) is 8.16. The highest BCUT2D eigenvalue weighted by Gasteiger charge is 2.17. The summed E-state index contributed by atoms with van der Waals surface area (Å²) in [6.45, 7) is 10.9. The van der Waals surface area contributed by atoms with E-state index in [1.165, 1.54) is 32.4 Å². The summed E-state index contributed by atoms with van der Waals surface area (Å²) in [5, 5.41) is 6.83. The van der Waals surface area contributed by atoms with E-state index in [0.29, 0.717) is 13.2 Å². The number of benzene rings is 1. The number of likely N-dealkylation sites (N-methyl/N-ethyl adjacent to an activating group) is 1. The first-order valence-corrected chi connectivity index (χ1v) is 11.2. The lowest BCUT2D eigenvalue weighted by molar-refractivity contribution is 0.159. The molecular formula is C23H41N5O. The molecule has 6 heteroatoms. The molecule has 1 aliphatic heterocycles. The molecule has 164 valence electrons. The van der Waals surface area contributed by atoms with E-state index in [9.17, 15) is 0 Å². The molecule has 1 atom stereocenters. The van der Waals surface area contributed by atoms with Gasteiger partial charge in [-0.25, -0.2) is 4.99 Å². The van der Waals surface area contributed by atoms with E-state index in [0.717, 1.165) is 49.4 Å². The van der Waals surface area contributed by atoms with Crippen molar-refractivity contribution >= 4 is 5.96 Å². The van der Waals surface area contributed by atoms with Crippen molar-refractivity contribution in [2.24, 2.45) is 4.99 Å². The minimum atomic E-state index is 0.642. The van der Waals surface area contributed by atoms with Gasteiger partial charge in [-0.15, -0.1) is 0 Å². The Hall–Kier alpha value is -1.79. The Kier molecular flexibility index (Phi) is 10.9. The molecule has 2 rings (SSSR count). The third-order valence-electron chi connectivity index (χ3n) is 5.32. The number of aliphatic imine (C=N–C) groups is 1. The normalized spacial score (nSPS) is 18.1. The van der Waals surface area contributed by atoms with E-state index >= 15 is 0 Å². The summed E-state index contributed by atoms with van der Waals surface area (Å²) in [4.78, 5) is 9.49. The van der Waals surface area contributed by atoms with E-state index < -0.39 is 0 Å². The van der Waals surface area contributed by atoms with Gasteiger partial charge in [0.25, 0.3) is 0 Å².